The van der Waals surface area contributed by atoms with E-state index in [1.165, 1.54) is 70.9 Å². The second-order valence-corrected chi connectivity index (χ2v) is 7.74. The van der Waals surface area contributed by atoms with Crippen LogP contribution in [0, 0.1) is 17.3 Å². The Morgan fingerprint density at radius 2 is 1.58 bits per heavy atom. The highest BCUT2D eigenvalue weighted by Gasteiger charge is 2.30. The number of nitrogens with one attached hydrogen (secondary N) is 1. The second-order valence-electron chi connectivity index (χ2n) is 7.74. The van der Waals surface area contributed by atoms with Gasteiger partial charge in [0.25, 0.3) is 0 Å². The van der Waals surface area contributed by atoms with Gasteiger partial charge in [-0.05, 0) is 62.3 Å². The van der Waals surface area contributed by atoms with E-state index in [0.29, 0.717) is 11.5 Å². The summed E-state index contributed by atoms with van der Waals surface area (Å²) in [5, 5.41) is 3.77. The van der Waals surface area contributed by atoms with Crippen LogP contribution in [0.4, 0.5) is 0 Å². The molecule has 0 aromatic heterocycles. The van der Waals surface area contributed by atoms with Crippen LogP contribution in [-0.4, -0.2) is 19.1 Å². The Morgan fingerprint density at radius 3 is 2.21 bits per heavy atom. The maximum absolute atomic E-state index is 5.97. The van der Waals surface area contributed by atoms with Gasteiger partial charge in [-0.2, -0.15) is 0 Å². The molecule has 0 heterocycles. The lowest BCUT2D eigenvalue weighted by Crippen LogP contribution is -2.39. The normalized spacial score (nSPS) is 30.5. The highest BCUT2D eigenvalue weighted by Crippen LogP contribution is 2.37. The van der Waals surface area contributed by atoms with Crippen molar-refractivity contribution in [1.29, 1.82) is 0 Å². The first-order valence-electron chi connectivity index (χ1n) is 8.54. The van der Waals surface area contributed by atoms with E-state index in [9.17, 15) is 0 Å². The molecule has 2 fully saturated rings. The largest absolute Gasteiger partial charge is 0.328 e. The van der Waals surface area contributed by atoms with Crippen molar-refractivity contribution >= 4 is 0 Å². The molecule has 2 rings (SSSR count). The molecule has 0 aliphatic heterocycles. The van der Waals surface area contributed by atoms with Gasteiger partial charge in [-0.1, -0.05) is 33.1 Å². The van der Waals surface area contributed by atoms with Crippen LogP contribution in [0.15, 0.2) is 0 Å². The van der Waals surface area contributed by atoms with Crippen LogP contribution in [0.25, 0.3) is 0 Å². The zero-order chi connectivity index (χ0) is 13.7. The number of nitrogens with two attached hydrogens (primary N) is 1. The summed E-state index contributed by atoms with van der Waals surface area (Å²) >= 11 is 0. The van der Waals surface area contributed by atoms with Gasteiger partial charge in [0.2, 0.25) is 0 Å². The summed E-state index contributed by atoms with van der Waals surface area (Å²) in [5.74, 6) is 1.82. The van der Waals surface area contributed by atoms with Crippen molar-refractivity contribution in [2.24, 2.45) is 23.0 Å². The highest BCUT2D eigenvalue weighted by atomic mass is 14.9. The fourth-order valence-electron chi connectivity index (χ4n) is 4.02. The second kappa shape index (κ2) is 7.08. The Labute approximate surface area is 119 Å². The van der Waals surface area contributed by atoms with Gasteiger partial charge < -0.3 is 11.1 Å². The molecule has 0 saturated heterocycles. The quantitative estimate of drug-likeness (QED) is 0.796. The van der Waals surface area contributed by atoms with Crippen molar-refractivity contribution in [2.75, 3.05) is 13.1 Å². The van der Waals surface area contributed by atoms with Crippen molar-refractivity contribution in [1.82, 2.24) is 5.32 Å². The molecule has 112 valence electrons. The SMILES string of the molecule is CC(C)(CNCC1CCC(N)CC1)C1CCCCC1. The zero-order valence-electron chi connectivity index (χ0n) is 13.1. The fourth-order valence-corrected chi connectivity index (χ4v) is 4.02. The molecule has 0 amide bonds. The molecule has 0 atom stereocenters. The minimum absolute atomic E-state index is 0.478. The van der Waals surface area contributed by atoms with Gasteiger partial charge in [-0.25, -0.2) is 0 Å². The first kappa shape index (κ1) is 15.3. The lowest BCUT2D eigenvalue weighted by atomic mass is 9.71. The average Bonchev–Trinajstić information content (AvgIpc) is 2.42. The lowest BCUT2D eigenvalue weighted by molar-refractivity contribution is 0.150. The first-order chi connectivity index (χ1) is 9.08. The third-order valence-corrected chi connectivity index (χ3v) is 5.62. The molecule has 2 heteroatoms. The van der Waals surface area contributed by atoms with Gasteiger partial charge in [-0.15, -0.1) is 0 Å². The summed E-state index contributed by atoms with van der Waals surface area (Å²) in [6.07, 6.45) is 12.4. The molecular formula is C17H34N2. The smallest absolute Gasteiger partial charge is 0.00390 e. The summed E-state index contributed by atoms with van der Waals surface area (Å²) in [6, 6.07) is 0.481. The maximum Gasteiger partial charge on any atom is 0.00390 e. The molecule has 2 aliphatic rings. The molecule has 0 radical (unpaired) electrons. The molecule has 2 nitrogen and oxygen atoms in total. The molecule has 19 heavy (non-hydrogen) atoms. The molecule has 0 bridgehead atoms. The van der Waals surface area contributed by atoms with Crippen molar-refractivity contribution < 1.29 is 0 Å². The zero-order valence-corrected chi connectivity index (χ0v) is 13.1. The number of hydrogen-bond acceptors (Lipinski definition) is 2. The van der Waals surface area contributed by atoms with E-state index >= 15 is 0 Å². The van der Waals surface area contributed by atoms with Gasteiger partial charge in [0.15, 0.2) is 0 Å². The Morgan fingerprint density at radius 1 is 0.947 bits per heavy atom. The van der Waals surface area contributed by atoms with Crippen LogP contribution >= 0.6 is 0 Å². The van der Waals surface area contributed by atoms with Crippen LogP contribution in [0.3, 0.4) is 0 Å². The molecule has 2 aliphatic carbocycles. The summed E-state index contributed by atoms with van der Waals surface area (Å²) in [5.41, 5.74) is 6.45. The van der Waals surface area contributed by atoms with Crippen LogP contribution in [0.5, 0.6) is 0 Å². The standard InChI is InChI=1S/C17H34N2/c1-17(2,15-6-4-3-5-7-15)13-19-12-14-8-10-16(18)11-9-14/h14-16,19H,3-13,18H2,1-2H3. The van der Waals surface area contributed by atoms with Crippen LogP contribution in [0.2, 0.25) is 0 Å². The van der Waals surface area contributed by atoms with E-state index in [-0.39, 0.29) is 0 Å². The van der Waals surface area contributed by atoms with Gasteiger partial charge in [0.1, 0.15) is 0 Å². The predicted octanol–water partition coefficient (Wildman–Crippen LogP) is 3.70. The predicted molar refractivity (Wildman–Crippen MR) is 83.2 cm³/mol. The van der Waals surface area contributed by atoms with E-state index in [0.717, 1.165) is 11.8 Å². The van der Waals surface area contributed by atoms with E-state index in [1.807, 2.05) is 0 Å². The summed E-state index contributed by atoms with van der Waals surface area (Å²) in [6.45, 7) is 7.34. The third kappa shape index (κ3) is 4.75. The van der Waals surface area contributed by atoms with Gasteiger partial charge in [-0.3, -0.25) is 0 Å². The van der Waals surface area contributed by atoms with E-state index in [2.05, 4.69) is 19.2 Å². The van der Waals surface area contributed by atoms with Crippen molar-refractivity contribution in [2.45, 2.75) is 77.7 Å². The van der Waals surface area contributed by atoms with Crippen molar-refractivity contribution in [3.8, 4) is 0 Å². The monoisotopic (exact) mass is 266 g/mol. The average molecular weight is 266 g/mol. The molecule has 0 aromatic carbocycles. The highest BCUT2D eigenvalue weighted by molar-refractivity contribution is 4.84. The molecular weight excluding hydrogens is 232 g/mol. The van der Waals surface area contributed by atoms with Crippen molar-refractivity contribution in [3.63, 3.8) is 0 Å². The first-order valence-corrected chi connectivity index (χ1v) is 8.54. The summed E-state index contributed by atoms with van der Waals surface area (Å²) in [4.78, 5) is 0. The van der Waals surface area contributed by atoms with E-state index in [4.69, 9.17) is 5.73 Å². The summed E-state index contributed by atoms with van der Waals surface area (Å²) < 4.78 is 0. The van der Waals surface area contributed by atoms with Crippen molar-refractivity contribution in [3.05, 3.63) is 0 Å². The Bertz CT molecular complexity index is 248. The molecule has 0 spiro atoms. The Kier molecular flexibility index (Phi) is 5.70. The molecule has 3 N–H and O–H groups in total. The van der Waals surface area contributed by atoms with Gasteiger partial charge >= 0.3 is 0 Å². The number of rotatable bonds is 5. The Hall–Kier alpha value is -0.0800. The third-order valence-electron chi connectivity index (χ3n) is 5.62. The van der Waals surface area contributed by atoms with Crippen LogP contribution in [-0.2, 0) is 0 Å². The topological polar surface area (TPSA) is 38.0 Å². The van der Waals surface area contributed by atoms with E-state index in [1.54, 1.807) is 0 Å². The maximum atomic E-state index is 5.97. The van der Waals surface area contributed by atoms with E-state index < -0.39 is 0 Å². The lowest BCUT2D eigenvalue weighted by Gasteiger charge is -2.38. The van der Waals surface area contributed by atoms with Gasteiger partial charge in [0.05, 0.1) is 0 Å². The summed E-state index contributed by atoms with van der Waals surface area (Å²) in [7, 11) is 0. The Balaban J connectivity index is 1.66. The van der Waals surface area contributed by atoms with Crippen LogP contribution < -0.4 is 11.1 Å². The minimum atomic E-state index is 0.478. The molecule has 0 aromatic rings. The minimum Gasteiger partial charge on any atom is -0.328 e. The molecule has 0 unspecified atom stereocenters. The molecule has 2 saturated carbocycles. The number of hydrogen-bond donors (Lipinski definition) is 2. The van der Waals surface area contributed by atoms with Gasteiger partial charge in [0, 0.05) is 12.6 Å². The van der Waals surface area contributed by atoms with Crippen LogP contribution in [0.1, 0.15) is 71.6 Å². The fraction of sp³-hybridized carbons (Fsp3) is 1.00.